The van der Waals surface area contributed by atoms with Crippen LogP contribution in [0, 0.1) is 0 Å². The fraction of sp³-hybridized carbons (Fsp3) is 0.316. The van der Waals surface area contributed by atoms with Crippen LogP contribution in [0.15, 0.2) is 46.9 Å². The molecule has 0 fully saturated rings. The van der Waals surface area contributed by atoms with Gasteiger partial charge in [-0.25, -0.2) is 0 Å². The minimum Gasteiger partial charge on any atom is -0.494 e. The summed E-state index contributed by atoms with van der Waals surface area (Å²) in [5, 5.41) is 2.85. The normalized spacial score (nSPS) is 11.5. The quantitative estimate of drug-likeness (QED) is 0.691. The predicted octanol–water partition coefficient (Wildman–Crippen LogP) is 4.65. The van der Waals surface area contributed by atoms with E-state index >= 15 is 0 Å². The van der Waals surface area contributed by atoms with E-state index in [2.05, 4.69) is 21.2 Å². The molecule has 2 aromatic rings. The van der Waals surface area contributed by atoms with Crippen LogP contribution >= 0.6 is 15.9 Å². The molecular weight excluding hydrogens is 386 g/mol. The van der Waals surface area contributed by atoms with Crippen LogP contribution in [0.4, 0.5) is 5.69 Å². The summed E-state index contributed by atoms with van der Waals surface area (Å²) in [7, 11) is 0. The van der Waals surface area contributed by atoms with E-state index in [4.69, 9.17) is 14.2 Å². The highest BCUT2D eigenvalue weighted by atomic mass is 79.9. The molecule has 1 atom stereocenters. The Morgan fingerprint density at radius 3 is 2.32 bits per heavy atom. The largest absolute Gasteiger partial charge is 0.494 e. The minimum atomic E-state index is -0.661. The molecule has 0 aliphatic carbocycles. The molecule has 0 radical (unpaired) electrons. The summed E-state index contributed by atoms with van der Waals surface area (Å²) in [6.45, 7) is 6.54. The lowest BCUT2D eigenvalue weighted by molar-refractivity contribution is -0.122. The van der Waals surface area contributed by atoms with Crippen LogP contribution < -0.4 is 19.5 Å². The van der Waals surface area contributed by atoms with E-state index in [0.717, 1.165) is 4.47 Å². The molecule has 2 rings (SSSR count). The second-order valence-electron chi connectivity index (χ2n) is 5.23. The molecule has 0 aromatic heterocycles. The lowest BCUT2D eigenvalue weighted by Crippen LogP contribution is -2.30. The number of carbonyl (C=O) groups is 1. The SMILES string of the molecule is CCOc1ccc(OCC)c(NC(=O)C(C)Oc2ccc(Br)cc2)c1. The van der Waals surface area contributed by atoms with E-state index in [-0.39, 0.29) is 5.91 Å². The van der Waals surface area contributed by atoms with Gasteiger partial charge in [0.25, 0.3) is 5.91 Å². The number of benzene rings is 2. The van der Waals surface area contributed by atoms with E-state index in [0.29, 0.717) is 36.1 Å². The van der Waals surface area contributed by atoms with Crippen LogP contribution in [0.25, 0.3) is 0 Å². The summed E-state index contributed by atoms with van der Waals surface area (Å²) in [5.41, 5.74) is 0.559. The van der Waals surface area contributed by atoms with Gasteiger partial charge in [0.1, 0.15) is 17.2 Å². The topological polar surface area (TPSA) is 56.8 Å². The molecule has 6 heteroatoms. The number of hydrogen-bond acceptors (Lipinski definition) is 4. The van der Waals surface area contributed by atoms with Gasteiger partial charge in [0.05, 0.1) is 18.9 Å². The van der Waals surface area contributed by atoms with Crippen LogP contribution in [-0.2, 0) is 4.79 Å². The molecule has 134 valence electrons. The molecule has 25 heavy (non-hydrogen) atoms. The van der Waals surface area contributed by atoms with Gasteiger partial charge in [-0.3, -0.25) is 4.79 Å². The summed E-state index contributed by atoms with van der Waals surface area (Å²) >= 11 is 3.37. The van der Waals surface area contributed by atoms with E-state index in [1.165, 1.54) is 0 Å². The van der Waals surface area contributed by atoms with Crippen molar-refractivity contribution >= 4 is 27.5 Å². The third kappa shape index (κ3) is 5.67. The number of hydrogen-bond donors (Lipinski definition) is 1. The smallest absolute Gasteiger partial charge is 0.265 e. The van der Waals surface area contributed by atoms with Crippen molar-refractivity contribution in [2.24, 2.45) is 0 Å². The van der Waals surface area contributed by atoms with Crippen molar-refractivity contribution in [3.8, 4) is 17.2 Å². The maximum atomic E-state index is 12.5. The number of rotatable bonds is 8. The van der Waals surface area contributed by atoms with Crippen molar-refractivity contribution in [2.75, 3.05) is 18.5 Å². The fourth-order valence-electron chi connectivity index (χ4n) is 2.15. The van der Waals surface area contributed by atoms with Gasteiger partial charge in [-0.2, -0.15) is 0 Å². The van der Waals surface area contributed by atoms with Gasteiger partial charge in [-0.05, 0) is 57.2 Å². The second kappa shape index (κ2) is 9.32. The lowest BCUT2D eigenvalue weighted by atomic mass is 10.2. The zero-order valence-electron chi connectivity index (χ0n) is 14.5. The Bertz CT molecular complexity index is 703. The fourth-order valence-corrected chi connectivity index (χ4v) is 2.41. The minimum absolute atomic E-state index is 0.266. The van der Waals surface area contributed by atoms with Gasteiger partial charge in [-0.1, -0.05) is 15.9 Å². The monoisotopic (exact) mass is 407 g/mol. The van der Waals surface area contributed by atoms with Gasteiger partial charge < -0.3 is 19.5 Å². The highest BCUT2D eigenvalue weighted by Crippen LogP contribution is 2.30. The molecular formula is C19H22BrNO4. The van der Waals surface area contributed by atoms with Gasteiger partial charge >= 0.3 is 0 Å². The van der Waals surface area contributed by atoms with Crippen molar-refractivity contribution in [1.29, 1.82) is 0 Å². The zero-order valence-corrected chi connectivity index (χ0v) is 16.1. The number of carbonyl (C=O) groups excluding carboxylic acids is 1. The average molecular weight is 408 g/mol. The van der Waals surface area contributed by atoms with Gasteiger partial charge in [-0.15, -0.1) is 0 Å². The molecule has 0 heterocycles. The number of amides is 1. The van der Waals surface area contributed by atoms with Crippen LogP contribution in [-0.4, -0.2) is 25.2 Å². The van der Waals surface area contributed by atoms with Crippen LogP contribution in [0.1, 0.15) is 20.8 Å². The number of anilines is 1. The van der Waals surface area contributed by atoms with Gasteiger partial charge in [0.15, 0.2) is 6.10 Å². The maximum absolute atomic E-state index is 12.5. The number of nitrogens with one attached hydrogen (secondary N) is 1. The molecule has 0 saturated carbocycles. The first kappa shape index (κ1) is 19.1. The second-order valence-corrected chi connectivity index (χ2v) is 6.14. The van der Waals surface area contributed by atoms with Crippen LogP contribution in [0.3, 0.4) is 0 Å². The van der Waals surface area contributed by atoms with Gasteiger partial charge in [0.2, 0.25) is 0 Å². The molecule has 0 bridgehead atoms. The van der Waals surface area contributed by atoms with Crippen LogP contribution in [0.5, 0.6) is 17.2 Å². The summed E-state index contributed by atoms with van der Waals surface area (Å²) in [5.74, 6) is 1.62. The highest BCUT2D eigenvalue weighted by molar-refractivity contribution is 9.10. The Balaban J connectivity index is 2.09. The third-order valence-electron chi connectivity index (χ3n) is 3.32. The van der Waals surface area contributed by atoms with Gasteiger partial charge in [0, 0.05) is 10.5 Å². The van der Waals surface area contributed by atoms with Crippen LogP contribution in [0.2, 0.25) is 0 Å². The zero-order chi connectivity index (χ0) is 18.2. The number of halogens is 1. The third-order valence-corrected chi connectivity index (χ3v) is 3.84. The molecule has 2 aromatic carbocycles. The van der Waals surface area contributed by atoms with Crippen molar-refractivity contribution in [2.45, 2.75) is 26.9 Å². The standard InChI is InChI=1S/C19H22BrNO4/c1-4-23-16-10-11-18(24-5-2)17(12-16)21-19(22)13(3)25-15-8-6-14(20)7-9-15/h6-13H,4-5H2,1-3H3,(H,21,22). The molecule has 1 unspecified atom stereocenters. The van der Waals surface area contributed by atoms with E-state index in [1.807, 2.05) is 32.0 Å². The molecule has 0 saturated heterocycles. The Kier molecular flexibility index (Phi) is 7.13. The predicted molar refractivity (Wildman–Crippen MR) is 102 cm³/mol. The molecule has 1 N–H and O–H groups in total. The Labute approximate surface area is 156 Å². The first-order valence-electron chi connectivity index (χ1n) is 8.16. The van der Waals surface area contributed by atoms with Crippen molar-refractivity contribution in [3.63, 3.8) is 0 Å². The molecule has 5 nitrogen and oxygen atoms in total. The summed E-state index contributed by atoms with van der Waals surface area (Å²) in [4.78, 5) is 12.5. The Hall–Kier alpha value is -2.21. The van der Waals surface area contributed by atoms with Crippen molar-refractivity contribution < 1.29 is 19.0 Å². The summed E-state index contributed by atoms with van der Waals surface area (Å²) < 4.78 is 17.7. The van der Waals surface area contributed by atoms with E-state index in [9.17, 15) is 4.79 Å². The summed E-state index contributed by atoms with van der Waals surface area (Å²) in [6, 6.07) is 12.7. The summed E-state index contributed by atoms with van der Waals surface area (Å²) in [6.07, 6.45) is -0.661. The highest BCUT2D eigenvalue weighted by Gasteiger charge is 2.17. The Morgan fingerprint density at radius 2 is 1.68 bits per heavy atom. The first-order chi connectivity index (χ1) is 12.0. The molecule has 1 amide bonds. The molecule has 0 spiro atoms. The van der Waals surface area contributed by atoms with E-state index < -0.39 is 6.10 Å². The maximum Gasteiger partial charge on any atom is 0.265 e. The molecule has 0 aliphatic rings. The molecule has 0 aliphatic heterocycles. The average Bonchev–Trinajstić information content (AvgIpc) is 2.59. The first-order valence-corrected chi connectivity index (χ1v) is 8.95. The lowest BCUT2D eigenvalue weighted by Gasteiger charge is -2.17. The van der Waals surface area contributed by atoms with E-state index in [1.54, 1.807) is 31.2 Å². The van der Waals surface area contributed by atoms with Crippen molar-refractivity contribution in [1.82, 2.24) is 0 Å². The Morgan fingerprint density at radius 1 is 1.04 bits per heavy atom. The van der Waals surface area contributed by atoms with Crippen molar-refractivity contribution in [3.05, 3.63) is 46.9 Å². The number of ether oxygens (including phenoxy) is 3.